The number of aliphatic hydroxyl groups excluding tert-OH is 1. The summed E-state index contributed by atoms with van der Waals surface area (Å²) < 4.78 is 0. The second kappa shape index (κ2) is 5.46. The molecule has 16 heavy (non-hydrogen) atoms. The van der Waals surface area contributed by atoms with Gasteiger partial charge in [-0.3, -0.25) is 4.90 Å². The van der Waals surface area contributed by atoms with Crippen molar-refractivity contribution < 1.29 is 5.11 Å². The Morgan fingerprint density at radius 1 is 1.31 bits per heavy atom. The number of nitrogens with zero attached hydrogens (tertiary/aromatic N) is 1. The molecule has 0 amide bonds. The molecule has 1 aliphatic rings. The van der Waals surface area contributed by atoms with Gasteiger partial charge in [-0.15, -0.1) is 0 Å². The molecule has 88 valence electrons. The summed E-state index contributed by atoms with van der Waals surface area (Å²) in [6.45, 7) is 3.60. The molecule has 2 heteroatoms. The average molecular weight is 219 g/mol. The van der Waals surface area contributed by atoms with Crippen LogP contribution in [0.1, 0.15) is 37.8 Å². The lowest BCUT2D eigenvalue weighted by Gasteiger charge is -2.39. The van der Waals surface area contributed by atoms with Crippen LogP contribution in [0.3, 0.4) is 0 Å². The molecule has 2 rings (SSSR count). The van der Waals surface area contributed by atoms with Crippen molar-refractivity contribution in [3.8, 4) is 0 Å². The number of likely N-dealkylation sites (tertiary alicyclic amines) is 1. The molecule has 0 bridgehead atoms. The second-order valence-electron chi connectivity index (χ2n) is 4.69. The largest absolute Gasteiger partial charge is 0.394 e. The maximum absolute atomic E-state index is 9.61. The van der Waals surface area contributed by atoms with Gasteiger partial charge in [0.15, 0.2) is 0 Å². The molecule has 0 aliphatic carbocycles. The number of benzene rings is 1. The third-order valence-electron chi connectivity index (χ3n) is 3.61. The maximum atomic E-state index is 9.61. The minimum absolute atomic E-state index is 0.177. The number of hydrogen-bond donors (Lipinski definition) is 1. The van der Waals surface area contributed by atoms with Gasteiger partial charge >= 0.3 is 0 Å². The highest BCUT2D eigenvalue weighted by molar-refractivity contribution is 5.19. The molecule has 2 nitrogen and oxygen atoms in total. The quantitative estimate of drug-likeness (QED) is 0.844. The Morgan fingerprint density at radius 3 is 2.69 bits per heavy atom. The molecule has 2 unspecified atom stereocenters. The van der Waals surface area contributed by atoms with Crippen molar-refractivity contribution in [2.24, 2.45) is 0 Å². The predicted octanol–water partition coefficient (Wildman–Crippen LogP) is 2.59. The van der Waals surface area contributed by atoms with Crippen LogP contribution in [0.5, 0.6) is 0 Å². The molecular formula is C14H21NO. The predicted molar refractivity (Wildman–Crippen MR) is 66.3 cm³/mol. The summed E-state index contributed by atoms with van der Waals surface area (Å²) in [5.74, 6) is 0. The normalized spacial score (nSPS) is 24.2. The van der Waals surface area contributed by atoms with Crippen LogP contribution < -0.4 is 0 Å². The Bertz CT molecular complexity index is 312. The monoisotopic (exact) mass is 219 g/mol. The van der Waals surface area contributed by atoms with Crippen LogP contribution >= 0.6 is 0 Å². The van der Waals surface area contributed by atoms with Crippen molar-refractivity contribution in [2.45, 2.75) is 38.3 Å². The first-order chi connectivity index (χ1) is 7.83. The number of aliphatic hydroxyl groups is 1. The molecule has 0 spiro atoms. The topological polar surface area (TPSA) is 23.5 Å². The summed E-state index contributed by atoms with van der Waals surface area (Å²) >= 11 is 0. The Morgan fingerprint density at radius 2 is 2.06 bits per heavy atom. The fourth-order valence-corrected chi connectivity index (χ4v) is 2.66. The van der Waals surface area contributed by atoms with E-state index in [9.17, 15) is 5.11 Å². The Labute approximate surface area is 97.9 Å². The van der Waals surface area contributed by atoms with E-state index in [1.807, 2.05) is 18.2 Å². The summed E-state index contributed by atoms with van der Waals surface area (Å²) in [7, 11) is 0. The molecule has 0 aromatic heterocycles. The molecule has 1 saturated heterocycles. The van der Waals surface area contributed by atoms with Gasteiger partial charge in [0.05, 0.1) is 12.6 Å². The minimum atomic E-state index is 0.177. The fourth-order valence-electron chi connectivity index (χ4n) is 2.66. The van der Waals surface area contributed by atoms with E-state index >= 15 is 0 Å². The van der Waals surface area contributed by atoms with E-state index in [0.29, 0.717) is 6.04 Å². The van der Waals surface area contributed by atoms with Gasteiger partial charge in [0.25, 0.3) is 0 Å². The third kappa shape index (κ3) is 2.45. The molecular weight excluding hydrogens is 198 g/mol. The van der Waals surface area contributed by atoms with Crippen LogP contribution in [0.25, 0.3) is 0 Å². The van der Waals surface area contributed by atoms with Crippen LogP contribution in [-0.4, -0.2) is 29.2 Å². The zero-order chi connectivity index (χ0) is 11.4. The van der Waals surface area contributed by atoms with E-state index in [-0.39, 0.29) is 12.6 Å². The molecule has 0 radical (unpaired) electrons. The lowest BCUT2D eigenvalue weighted by molar-refractivity contribution is 0.0643. The molecule has 2 atom stereocenters. The van der Waals surface area contributed by atoms with E-state index < -0.39 is 0 Å². The summed E-state index contributed by atoms with van der Waals surface area (Å²) in [6, 6.07) is 11.1. The smallest absolute Gasteiger partial charge is 0.0628 e. The second-order valence-corrected chi connectivity index (χ2v) is 4.69. The van der Waals surface area contributed by atoms with E-state index in [4.69, 9.17) is 0 Å². The minimum Gasteiger partial charge on any atom is -0.394 e. The highest BCUT2D eigenvalue weighted by atomic mass is 16.3. The lowest BCUT2D eigenvalue weighted by Crippen LogP contribution is -2.41. The number of rotatable bonds is 3. The Hall–Kier alpha value is -0.860. The van der Waals surface area contributed by atoms with Gasteiger partial charge in [-0.2, -0.15) is 0 Å². The van der Waals surface area contributed by atoms with Crippen molar-refractivity contribution >= 4 is 0 Å². The number of piperidine rings is 1. The van der Waals surface area contributed by atoms with Crippen molar-refractivity contribution in [1.82, 2.24) is 4.90 Å². The number of hydrogen-bond acceptors (Lipinski definition) is 2. The zero-order valence-corrected chi connectivity index (χ0v) is 9.97. The highest BCUT2D eigenvalue weighted by Gasteiger charge is 2.26. The van der Waals surface area contributed by atoms with Gasteiger partial charge in [0.1, 0.15) is 0 Å². The van der Waals surface area contributed by atoms with Gasteiger partial charge in [-0.25, -0.2) is 0 Å². The molecule has 0 saturated carbocycles. The maximum Gasteiger partial charge on any atom is 0.0628 e. The molecule has 1 N–H and O–H groups in total. The van der Waals surface area contributed by atoms with Gasteiger partial charge < -0.3 is 5.11 Å². The molecule has 1 aliphatic heterocycles. The Kier molecular flexibility index (Phi) is 3.97. The average Bonchev–Trinajstić information content (AvgIpc) is 2.34. The van der Waals surface area contributed by atoms with Crippen LogP contribution in [-0.2, 0) is 0 Å². The molecule has 1 heterocycles. The molecule has 1 aromatic carbocycles. The first-order valence-corrected chi connectivity index (χ1v) is 6.24. The zero-order valence-electron chi connectivity index (χ0n) is 9.97. The summed E-state index contributed by atoms with van der Waals surface area (Å²) in [5.41, 5.74) is 1.23. The first-order valence-electron chi connectivity index (χ1n) is 6.24. The third-order valence-corrected chi connectivity index (χ3v) is 3.61. The standard InChI is InChI=1S/C14H21NO/c1-12-7-5-6-10-15(12)14(11-16)13-8-3-2-4-9-13/h2-4,8-9,12,14,16H,5-7,10-11H2,1H3. The lowest BCUT2D eigenvalue weighted by atomic mass is 9.98. The van der Waals surface area contributed by atoms with Gasteiger partial charge in [0.2, 0.25) is 0 Å². The van der Waals surface area contributed by atoms with Crippen molar-refractivity contribution in [1.29, 1.82) is 0 Å². The fraction of sp³-hybridized carbons (Fsp3) is 0.571. The molecule has 1 fully saturated rings. The van der Waals surface area contributed by atoms with Gasteiger partial charge in [0, 0.05) is 6.04 Å². The van der Waals surface area contributed by atoms with Crippen LogP contribution in [0, 0.1) is 0 Å². The van der Waals surface area contributed by atoms with Crippen LogP contribution in [0.4, 0.5) is 0 Å². The van der Waals surface area contributed by atoms with Crippen molar-refractivity contribution in [3.05, 3.63) is 35.9 Å². The van der Waals surface area contributed by atoms with Crippen molar-refractivity contribution in [3.63, 3.8) is 0 Å². The van der Waals surface area contributed by atoms with E-state index in [2.05, 4.69) is 24.0 Å². The SMILES string of the molecule is CC1CCCCN1C(CO)c1ccccc1. The summed E-state index contributed by atoms with van der Waals surface area (Å²) in [4.78, 5) is 2.44. The highest BCUT2D eigenvalue weighted by Crippen LogP contribution is 2.27. The van der Waals surface area contributed by atoms with Crippen LogP contribution in [0.15, 0.2) is 30.3 Å². The van der Waals surface area contributed by atoms with E-state index in [0.717, 1.165) is 6.54 Å². The van der Waals surface area contributed by atoms with E-state index in [1.54, 1.807) is 0 Å². The van der Waals surface area contributed by atoms with Gasteiger partial charge in [-0.05, 0) is 31.9 Å². The van der Waals surface area contributed by atoms with Crippen LogP contribution in [0.2, 0.25) is 0 Å². The summed E-state index contributed by atoms with van der Waals surface area (Å²) in [6.07, 6.45) is 3.83. The van der Waals surface area contributed by atoms with Gasteiger partial charge in [-0.1, -0.05) is 36.8 Å². The summed E-state index contributed by atoms with van der Waals surface area (Å²) in [5, 5.41) is 9.61. The Balaban J connectivity index is 2.15. The molecule has 1 aromatic rings. The van der Waals surface area contributed by atoms with Crippen molar-refractivity contribution in [2.75, 3.05) is 13.2 Å². The first kappa shape index (κ1) is 11.6. The van der Waals surface area contributed by atoms with E-state index in [1.165, 1.54) is 24.8 Å².